The van der Waals surface area contributed by atoms with Crippen LogP contribution in [0, 0.1) is 0 Å². The molecule has 0 saturated carbocycles. The van der Waals surface area contributed by atoms with Crippen LogP contribution in [0.5, 0.6) is 0 Å². The monoisotopic (exact) mass is 226 g/mol. The van der Waals surface area contributed by atoms with Gasteiger partial charge in [-0.1, -0.05) is 18.2 Å². The third-order valence-electron chi connectivity index (χ3n) is 1.94. The lowest BCUT2D eigenvalue weighted by Crippen LogP contribution is -2.16. The van der Waals surface area contributed by atoms with Gasteiger partial charge in [0.1, 0.15) is 0 Å². The summed E-state index contributed by atoms with van der Waals surface area (Å²) in [7, 11) is 0. The fourth-order valence-electron chi connectivity index (χ4n) is 1.04. The Morgan fingerprint density at radius 1 is 1.33 bits per heavy atom. The molecule has 1 rings (SSSR count). The molecule has 0 aliphatic heterocycles. The average Bonchev–Trinajstić information content (AvgIpc) is 2.17. The second kappa shape index (κ2) is 5.17. The van der Waals surface area contributed by atoms with Crippen molar-refractivity contribution in [3.05, 3.63) is 35.9 Å². The second-order valence-corrected chi connectivity index (χ2v) is 4.99. The zero-order valence-electron chi connectivity index (χ0n) is 9.00. The number of carbonyl (C=O) groups is 1. The van der Waals surface area contributed by atoms with Crippen LogP contribution in [0.1, 0.15) is 30.6 Å². The summed E-state index contributed by atoms with van der Waals surface area (Å²) in [5.74, 6) is -0.295. The number of halogens is 1. The van der Waals surface area contributed by atoms with Crippen LogP contribution < -0.4 is 0 Å². The van der Waals surface area contributed by atoms with Crippen LogP contribution >= 0.6 is 11.6 Å². The molecule has 0 amide bonds. The summed E-state index contributed by atoms with van der Waals surface area (Å²) < 4.78 is 5.08. The van der Waals surface area contributed by atoms with Gasteiger partial charge in [-0.05, 0) is 26.0 Å². The molecule has 3 heteroatoms. The summed E-state index contributed by atoms with van der Waals surface area (Å²) in [6.07, 6.45) is 0.646. The predicted octanol–water partition coefficient (Wildman–Crippen LogP) is 3.25. The van der Waals surface area contributed by atoms with E-state index in [0.717, 1.165) is 0 Å². The molecule has 0 radical (unpaired) electrons. The first-order valence-electron chi connectivity index (χ1n) is 4.90. The van der Waals surface area contributed by atoms with Gasteiger partial charge in [0.05, 0.1) is 12.2 Å². The molecule has 82 valence electrons. The van der Waals surface area contributed by atoms with Crippen LogP contribution in [0.25, 0.3) is 0 Å². The smallest absolute Gasteiger partial charge is 0.338 e. The van der Waals surface area contributed by atoms with E-state index < -0.39 is 0 Å². The van der Waals surface area contributed by atoms with Crippen molar-refractivity contribution in [1.82, 2.24) is 0 Å². The van der Waals surface area contributed by atoms with Crippen molar-refractivity contribution in [3.8, 4) is 0 Å². The van der Waals surface area contributed by atoms with Gasteiger partial charge in [-0.2, -0.15) is 0 Å². The van der Waals surface area contributed by atoms with Crippen LogP contribution in [0.3, 0.4) is 0 Å². The number of carbonyl (C=O) groups excluding carboxylic acids is 1. The van der Waals surface area contributed by atoms with Crippen molar-refractivity contribution in [2.24, 2.45) is 0 Å². The molecule has 0 bridgehead atoms. The molecule has 0 N–H and O–H groups in total. The van der Waals surface area contributed by atoms with Gasteiger partial charge < -0.3 is 4.74 Å². The first-order valence-corrected chi connectivity index (χ1v) is 5.28. The van der Waals surface area contributed by atoms with Gasteiger partial charge in [0.25, 0.3) is 0 Å². The van der Waals surface area contributed by atoms with E-state index >= 15 is 0 Å². The van der Waals surface area contributed by atoms with Gasteiger partial charge in [-0.25, -0.2) is 4.79 Å². The number of rotatable bonds is 4. The van der Waals surface area contributed by atoms with E-state index in [2.05, 4.69) is 0 Å². The van der Waals surface area contributed by atoms with Gasteiger partial charge in [0.2, 0.25) is 0 Å². The number of hydrogen-bond acceptors (Lipinski definition) is 2. The molecule has 0 aromatic heterocycles. The summed E-state index contributed by atoms with van der Waals surface area (Å²) >= 11 is 5.97. The minimum Gasteiger partial charge on any atom is -0.462 e. The summed E-state index contributed by atoms with van der Waals surface area (Å²) in [4.78, 5) is 11.1. The Morgan fingerprint density at radius 2 is 1.93 bits per heavy atom. The highest BCUT2D eigenvalue weighted by atomic mass is 35.5. The van der Waals surface area contributed by atoms with E-state index in [1.807, 2.05) is 32.0 Å². The van der Waals surface area contributed by atoms with Crippen molar-refractivity contribution < 1.29 is 9.53 Å². The summed E-state index contributed by atoms with van der Waals surface area (Å²) in [5, 5.41) is 0. The van der Waals surface area contributed by atoms with E-state index in [-0.39, 0.29) is 10.8 Å². The standard InChI is InChI=1S/C12H15ClO2/c1-12(2,13)8-9-15-11(14)10-6-4-3-5-7-10/h3-7H,8-9H2,1-2H3. The second-order valence-electron chi connectivity index (χ2n) is 3.97. The highest BCUT2D eigenvalue weighted by Crippen LogP contribution is 2.17. The first kappa shape index (κ1) is 12.1. The molecule has 0 atom stereocenters. The molecule has 0 aliphatic carbocycles. The Labute approximate surface area is 95.2 Å². The maximum atomic E-state index is 11.5. The molecule has 0 aliphatic rings. The number of alkyl halides is 1. The van der Waals surface area contributed by atoms with E-state index in [4.69, 9.17) is 16.3 Å². The SMILES string of the molecule is CC(C)(Cl)CCOC(=O)c1ccccc1. The van der Waals surface area contributed by atoms with Gasteiger partial charge in [-0.15, -0.1) is 11.6 Å². The van der Waals surface area contributed by atoms with Gasteiger partial charge in [0.15, 0.2) is 0 Å². The zero-order chi connectivity index (χ0) is 11.3. The number of esters is 1. The van der Waals surface area contributed by atoms with Gasteiger partial charge >= 0.3 is 5.97 Å². The van der Waals surface area contributed by atoms with Gasteiger partial charge in [0, 0.05) is 11.3 Å². The number of hydrogen-bond donors (Lipinski definition) is 0. The number of ether oxygens (including phenoxy) is 1. The number of benzene rings is 1. The summed E-state index contributed by atoms with van der Waals surface area (Å²) in [5.41, 5.74) is 0.574. The Morgan fingerprint density at radius 3 is 2.47 bits per heavy atom. The molecule has 15 heavy (non-hydrogen) atoms. The van der Waals surface area contributed by atoms with Crippen molar-refractivity contribution >= 4 is 17.6 Å². The van der Waals surface area contributed by atoms with Crippen LogP contribution in [0.15, 0.2) is 30.3 Å². The maximum Gasteiger partial charge on any atom is 0.338 e. The van der Waals surface area contributed by atoms with E-state index in [1.165, 1.54) is 0 Å². The summed E-state index contributed by atoms with van der Waals surface area (Å²) in [6.45, 7) is 4.14. The molecule has 0 fully saturated rings. The lowest BCUT2D eigenvalue weighted by atomic mass is 10.1. The largest absolute Gasteiger partial charge is 0.462 e. The highest BCUT2D eigenvalue weighted by molar-refractivity contribution is 6.23. The van der Waals surface area contributed by atoms with Crippen molar-refractivity contribution in [2.45, 2.75) is 25.1 Å². The fraction of sp³-hybridized carbons (Fsp3) is 0.417. The molecule has 1 aromatic rings. The molecule has 0 saturated heterocycles. The molecule has 2 nitrogen and oxygen atoms in total. The quantitative estimate of drug-likeness (QED) is 0.582. The van der Waals surface area contributed by atoms with Crippen LogP contribution in [-0.2, 0) is 4.74 Å². The average molecular weight is 227 g/mol. The third-order valence-corrected chi connectivity index (χ3v) is 2.13. The maximum absolute atomic E-state index is 11.5. The van der Waals surface area contributed by atoms with Crippen LogP contribution in [0.4, 0.5) is 0 Å². The molecule has 0 spiro atoms. The van der Waals surface area contributed by atoms with Crippen molar-refractivity contribution in [1.29, 1.82) is 0 Å². The van der Waals surface area contributed by atoms with Gasteiger partial charge in [-0.3, -0.25) is 0 Å². The normalized spacial score (nSPS) is 11.1. The third kappa shape index (κ3) is 4.84. The Bertz CT molecular complexity index is 314. The topological polar surface area (TPSA) is 26.3 Å². The van der Waals surface area contributed by atoms with E-state index in [1.54, 1.807) is 12.1 Å². The molecular formula is C12H15ClO2. The van der Waals surface area contributed by atoms with Crippen molar-refractivity contribution in [3.63, 3.8) is 0 Å². The lowest BCUT2D eigenvalue weighted by molar-refractivity contribution is 0.0492. The minimum atomic E-state index is -0.322. The highest BCUT2D eigenvalue weighted by Gasteiger charge is 2.14. The van der Waals surface area contributed by atoms with Crippen LogP contribution in [-0.4, -0.2) is 17.5 Å². The first-order chi connectivity index (χ1) is 6.99. The Kier molecular flexibility index (Phi) is 4.15. The minimum absolute atomic E-state index is 0.295. The molecule has 0 unspecified atom stereocenters. The zero-order valence-corrected chi connectivity index (χ0v) is 9.75. The van der Waals surface area contributed by atoms with E-state index in [9.17, 15) is 4.79 Å². The lowest BCUT2D eigenvalue weighted by Gasteiger charge is -2.14. The molecular weight excluding hydrogens is 212 g/mol. The Balaban J connectivity index is 2.38. The molecule has 0 heterocycles. The van der Waals surface area contributed by atoms with Crippen LogP contribution in [0.2, 0.25) is 0 Å². The Hall–Kier alpha value is -1.02. The van der Waals surface area contributed by atoms with E-state index in [0.29, 0.717) is 18.6 Å². The summed E-state index contributed by atoms with van der Waals surface area (Å²) in [6, 6.07) is 8.94. The van der Waals surface area contributed by atoms with Crippen molar-refractivity contribution in [2.75, 3.05) is 6.61 Å². The predicted molar refractivity (Wildman–Crippen MR) is 61.3 cm³/mol. The molecule has 1 aromatic carbocycles. The fourth-order valence-corrected chi connectivity index (χ4v) is 1.12.